The van der Waals surface area contributed by atoms with E-state index < -0.39 is 83.7 Å². The number of hydrogen-bond acceptors (Lipinski definition) is 10. The van der Waals surface area contributed by atoms with Gasteiger partial charge in [0.15, 0.2) is 17.3 Å². The lowest BCUT2D eigenvalue weighted by atomic mass is 9.75. The first-order chi connectivity index (χ1) is 28.4. The maximum absolute atomic E-state index is 14.5. The summed E-state index contributed by atoms with van der Waals surface area (Å²) < 4.78 is 0. The summed E-state index contributed by atoms with van der Waals surface area (Å²) in [7, 11) is 1.45. The van der Waals surface area contributed by atoms with Crippen LogP contribution >= 0.6 is 0 Å². The first-order valence-corrected chi connectivity index (χ1v) is 21.3. The number of pyridine rings is 1. The Kier molecular flexibility index (Phi) is 17.2. The fourth-order valence-corrected chi connectivity index (χ4v) is 8.83. The monoisotopic (exact) mass is 834 g/mol. The summed E-state index contributed by atoms with van der Waals surface area (Å²) in [5.74, 6) is -7.64. The minimum Gasteiger partial charge on any atom is -0.478 e. The van der Waals surface area contributed by atoms with Crippen molar-refractivity contribution in [1.29, 1.82) is 0 Å². The molecule has 0 aromatic carbocycles. The number of carbonyl (C=O) groups is 9. The zero-order chi connectivity index (χ0) is 44.1. The SMILES string of the molecule is CNC(=O)/C=C/CC[C@H](CC(=O)c1ccncc1C(=O)O)C(=O)N[C@H](C(=O)N1CC(=O)C[C@H]1C(=O)N[C@H](C(=O)C[C@H](C(N)=O)C1CCCCC1)C1CCCCC1)C(C)(C)C. The van der Waals surface area contributed by atoms with Gasteiger partial charge in [0.25, 0.3) is 0 Å². The van der Waals surface area contributed by atoms with Crippen molar-refractivity contribution in [2.45, 2.75) is 135 Å². The molecule has 16 nitrogen and oxygen atoms in total. The van der Waals surface area contributed by atoms with E-state index in [2.05, 4.69) is 20.9 Å². The molecule has 16 heteroatoms. The molecule has 0 unspecified atom stereocenters. The number of nitrogens with one attached hydrogen (secondary N) is 3. The summed E-state index contributed by atoms with van der Waals surface area (Å²) in [5, 5.41) is 17.8. The number of ketones is 3. The molecule has 6 N–H and O–H groups in total. The van der Waals surface area contributed by atoms with Crippen LogP contribution in [0.15, 0.2) is 30.6 Å². The van der Waals surface area contributed by atoms with E-state index in [9.17, 15) is 48.3 Å². The molecule has 4 rings (SSSR count). The highest BCUT2D eigenvalue weighted by atomic mass is 16.4. The molecule has 60 heavy (non-hydrogen) atoms. The second-order valence-corrected chi connectivity index (χ2v) is 17.6. The van der Waals surface area contributed by atoms with Crippen LogP contribution in [0, 0.1) is 29.1 Å². The molecular formula is C44H62N6O10. The van der Waals surface area contributed by atoms with Gasteiger partial charge in [-0.25, -0.2) is 4.79 Å². The van der Waals surface area contributed by atoms with E-state index in [0.717, 1.165) is 62.5 Å². The number of nitrogens with zero attached hydrogens (tertiary/aromatic N) is 2. The second-order valence-electron chi connectivity index (χ2n) is 17.6. The van der Waals surface area contributed by atoms with Gasteiger partial charge in [-0.2, -0.15) is 0 Å². The maximum Gasteiger partial charge on any atom is 0.338 e. The number of hydrogen-bond donors (Lipinski definition) is 5. The third-order valence-corrected chi connectivity index (χ3v) is 12.3. The summed E-state index contributed by atoms with van der Waals surface area (Å²) in [5.41, 5.74) is 4.39. The number of Topliss-reactive ketones (excluding diaryl/α,β-unsaturated/α-hetero) is 3. The largest absolute Gasteiger partial charge is 0.478 e. The van der Waals surface area contributed by atoms with Crippen LogP contribution in [0.5, 0.6) is 0 Å². The molecule has 1 aromatic heterocycles. The molecule has 5 amide bonds. The van der Waals surface area contributed by atoms with Crippen molar-refractivity contribution in [1.82, 2.24) is 25.8 Å². The first-order valence-electron chi connectivity index (χ1n) is 21.3. The zero-order valence-electron chi connectivity index (χ0n) is 35.3. The Labute approximate surface area is 351 Å². The molecule has 3 aliphatic rings. The van der Waals surface area contributed by atoms with E-state index in [1.54, 1.807) is 20.8 Å². The van der Waals surface area contributed by atoms with Crippen LogP contribution in [-0.2, 0) is 33.6 Å². The Morgan fingerprint density at radius 1 is 0.917 bits per heavy atom. The van der Waals surface area contributed by atoms with Gasteiger partial charge in [-0.3, -0.25) is 43.3 Å². The van der Waals surface area contributed by atoms with Crippen LogP contribution < -0.4 is 21.7 Å². The zero-order valence-corrected chi connectivity index (χ0v) is 35.3. The van der Waals surface area contributed by atoms with Crippen LogP contribution in [0.4, 0.5) is 0 Å². The second kappa shape index (κ2) is 21.8. The number of rotatable bonds is 19. The average Bonchev–Trinajstić information content (AvgIpc) is 3.63. The fourth-order valence-electron chi connectivity index (χ4n) is 8.83. The number of allylic oxidation sites excluding steroid dienone is 1. The molecular weight excluding hydrogens is 773 g/mol. The Bertz CT molecular complexity index is 1810. The summed E-state index contributed by atoms with van der Waals surface area (Å²) in [6.07, 6.45) is 13.2. The van der Waals surface area contributed by atoms with E-state index >= 15 is 0 Å². The van der Waals surface area contributed by atoms with Gasteiger partial charge in [-0.05, 0) is 67.9 Å². The predicted octanol–water partition coefficient (Wildman–Crippen LogP) is 3.46. The third kappa shape index (κ3) is 12.9. The molecule has 1 saturated heterocycles. The standard InChI is InChI=1S/C44H62N6O10/c1-44(2,3)38(49-40(56)28(17-11-12-18-36(54)46-4)21-34(52)30-19-20-47-24-32(30)43(59)60)42(58)50-25-29(51)22-33(50)41(57)48-37(27-15-9-6-10-16-27)35(53)23-31(39(45)55)26-13-7-5-8-14-26/h12,18-20,24,26-28,31,33,37-38H,5-11,13-17,21-23,25H2,1-4H3,(H2,45,55)(H,46,54)(H,48,57)(H,49,56)(H,59,60)/b18-12+/t28-,31+,33+,37+,38-/m1/s1. The highest BCUT2D eigenvalue weighted by Gasteiger charge is 2.46. The summed E-state index contributed by atoms with van der Waals surface area (Å²) >= 11 is 0. The lowest BCUT2D eigenvalue weighted by molar-refractivity contribution is -0.145. The van der Waals surface area contributed by atoms with Gasteiger partial charge in [0.1, 0.15) is 12.1 Å². The van der Waals surface area contributed by atoms with Crippen molar-refractivity contribution < 1.29 is 48.3 Å². The van der Waals surface area contributed by atoms with E-state index in [-0.39, 0.29) is 66.1 Å². The average molecular weight is 835 g/mol. The van der Waals surface area contributed by atoms with E-state index in [1.807, 2.05) is 0 Å². The quantitative estimate of drug-likeness (QED) is 0.0997. The predicted molar refractivity (Wildman–Crippen MR) is 220 cm³/mol. The number of likely N-dealkylation sites (tertiary alicyclic amines) is 1. The topological polar surface area (TPSA) is 252 Å². The van der Waals surface area contributed by atoms with Crippen molar-refractivity contribution in [3.63, 3.8) is 0 Å². The van der Waals surface area contributed by atoms with Crippen LogP contribution in [0.25, 0.3) is 0 Å². The molecule has 0 spiro atoms. The highest BCUT2D eigenvalue weighted by Crippen LogP contribution is 2.34. The number of likely N-dealkylation sites (N-methyl/N-ethyl adjacent to an activating group) is 1. The minimum absolute atomic E-state index is 0.0115. The number of nitrogens with two attached hydrogens (primary N) is 1. The smallest absolute Gasteiger partial charge is 0.338 e. The van der Waals surface area contributed by atoms with Gasteiger partial charge in [-0.1, -0.05) is 65.4 Å². The Hall–Kier alpha value is -5.28. The number of carboxylic acid groups (broad SMARTS) is 1. The van der Waals surface area contributed by atoms with Crippen LogP contribution in [0.3, 0.4) is 0 Å². The molecule has 1 aliphatic heterocycles. The molecule has 328 valence electrons. The number of amides is 5. The van der Waals surface area contributed by atoms with Crippen molar-refractivity contribution in [3.8, 4) is 0 Å². The highest BCUT2D eigenvalue weighted by molar-refractivity contribution is 6.07. The lowest BCUT2D eigenvalue weighted by Gasteiger charge is -2.37. The third-order valence-electron chi connectivity index (χ3n) is 12.3. The van der Waals surface area contributed by atoms with Crippen LogP contribution in [0.1, 0.15) is 138 Å². The van der Waals surface area contributed by atoms with E-state index in [0.29, 0.717) is 12.8 Å². The maximum atomic E-state index is 14.5. The lowest BCUT2D eigenvalue weighted by Crippen LogP contribution is -2.59. The molecule has 2 saturated carbocycles. The Morgan fingerprint density at radius 2 is 1.55 bits per heavy atom. The van der Waals surface area contributed by atoms with Gasteiger partial charge in [-0.15, -0.1) is 0 Å². The minimum atomic E-state index is -1.37. The normalized spacial score (nSPS) is 19.8. The number of carboxylic acids is 1. The van der Waals surface area contributed by atoms with Crippen molar-refractivity contribution in [3.05, 3.63) is 41.7 Å². The molecule has 2 aliphatic carbocycles. The van der Waals surface area contributed by atoms with Gasteiger partial charge >= 0.3 is 5.97 Å². The van der Waals surface area contributed by atoms with Gasteiger partial charge in [0.05, 0.1) is 18.2 Å². The van der Waals surface area contributed by atoms with E-state index in [1.165, 1.54) is 31.5 Å². The van der Waals surface area contributed by atoms with E-state index in [4.69, 9.17) is 5.73 Å². The Balaban J connectivity index is 1.57. The number of aromatic carboxylic acids is 1. The van der Waals surface area contributed by atoms with Gasteiger partial charge in [0, 0.05) is 56.1 Å². The molecule has 3 fully saturated rings. The van der Waals surface area contributed by atoms with Crippen LogP contribution in [0.2, 0.25) is 0 Å². The number of aromatic nitrogens is 1. The summed E-state index contributed by atoms with van der Waals surface area (Å²) in [4.78, 5) is 125. The van der Waals surface area contributed by atoms with Crippen molar-refractivity contribution in [2.75, 3.05) is 13.6 Å². The van der Waals surface area contributed by atoms with Gasteiger partial charge < -0.3 is 31.7 Å². The molecule has 2 heterocycles. The summed E-state index contributed by atoms with van der Waals surface area (Å²) in [6, 6.07) is -2.25. The fraction of sp³-hybridized carbons (Fsp3) is 0.636. The summed E-state index contributed by atoms with van der Waals surface area (Å²) in [6.45, 7) is 4.69. The Morgan fingerprint density at radius 3 is 2.13 bits per heavy atom. The molecule has 1 aromatic rings. The van der Waals surface area contributed by atoms with Crippen LogP contribution in [-0.4, -0.2) is 99.6 Å². The van der Waals surface area contributed by atoms with Gasteiger partial charge in [0.2, 0.25) is 29.5 Å². The number of carbonyl (C=O) groups excluding carboxylic acids is 8. The van der Waals surface area contributed by atoms with Crippen molar-refractivity contribution >= 4 is 52.9 Å². The molecule has 5 atom stereocenters. The van der Waals surface area contributed by atoms with Crippen molar-refractivity contribution in [2.24, 2.45) is 34.8 Å². The molecule has 0 bridgehead atoms. The first kappa shape index (κ1) is 47.4. The number of primary amides is 1. The molecule has 0 radical (unpaired) electrons.